The molecular formula is C17H26N6O10P2. The van der Waals surface area contributed by atoms with Crippen LogP contribution in [0.1, 0.15) is 48.1 Å². The van der Waals surface area contributed by atoms with E-state index in [1.165, 1.54) is 10.7 Å². The highest BCUT2D eigenvalue weighted by atomic mass is 31.2. The zero-order valence-electron chi connectivity index (χ0n) is 18.2. The van der Waals surface area contributed by atoms with Crippen molar-refractivity contribution in [3.8, 4) is 0 Å². The highest BCUT2D eigenvalue weighted by Crippen LogP contribution is 2.55. The zero-order chi connectivity index (χ0) is 25.5. The van der Waals surface area contributed by atoms with Gasteiger partial charge in [-0.05, 0) is 12.8 Å². The summed E-state index contributed by atoms with van der Waals surface area (Å²) in [6.07, 6.45) is -0.511. The number of rotatable bonds is 9. The molecule has 1 unspecified atom stereocenters. The van der Waals surface area contributed by atoms with Gasteiger partial charge < -0.3 is 45.2 Å². The Balaban J connectivity index is 1.58. The molecule has 2 aromatic heterocycles. The van der Waals surface area contributed by atoms with Gasteiger partial charge in [-0.2, -0.15) is 0 Å². The smallest absolute Gasteiger partial charge is 0.340 e. The molecule has 1 aliphatic heterocycles. The van der Waals surface area contributed by atoms with Crippen molar-refractivity contribution in [2.45, 2.75) is 56.1 Å². The summed E-state index contributed by atoms with van der Waals surface area (Å²) in [6, 6.07) is 0.119. The van der Waals surface area contributed by atoms with Crippen molar-refractivity contribution in [3.63, 3.8) is 0 Å². The van der Waals surface area contributed by atoms with Crippen LogP contribution >= 0.6 is 15.2 Å². The summed E-state index contributed by atoms with van der Waals surface area (Å²) in [6.45, 7) is -0.741. The summed E-state index contributed by atoms with van der Waals surface area (Å²) in [5.74, 6) is -2.36. The van der Waals surface area contributed by atoms with Gasteiger partial charge in [0.15, 0.2) is 17.4 Å². The number of primary amides is 1. The molecule has 4 rings (SSSR count). The first-order valence-corrected chi connectivity index (χ1v) is 14.3. The largest absolute Gasteiger partial charge is 0.387 e. The van der Waals surface area contributed by atoms with Gasteiger partial charge in [0.05, 0.1) is 18.5 Å². The van der Waals surface area contributed by atoms with E-state index in [-0.39, 0.29) is 29.0 Å². The maximum Gasteiger partial charge on any atom is 0.340 e. The number of carbonyl (C=O) groups excluding carboxylic acids is 1. The van der Waals surface area contributed by atoms with Gasteiger partial charge in [-0.25, -0.2) is 14.5 Å². The average Bonchev–Trinajstić information content (AvgIpc) is 3.46. The Kier molecular flexibility index (Phi) is 7.31. The lowest BCUT2D eigenvalue weighted by Crippen LogP contribution is -2.33. The summed E-state index contributed by atoms with van der Waals surface area (Å²) in [4.78, 5) is 47.7. The molecule has 16 nitrogen and oxygen atoms in total. The standard InChI is InChI=1S/C17H26N6O10P2/c18-14(26)15-21-16(20-8-3-1-2-4-8)17-19-5-9(23(17)22-15)13-12(25)11(24)10(33-13)6-32-35(30,31)7-34(27,28)29/h5,8,10-13,24-25H,1-4,6-7H2,(H2,18,26)(H,30,31)(H,20,21,22)(H2,27,28,29)/t10-,11-,12-,13+/m1/s1. The molecule has 1 saturated carbocycles. The van der Waals surface area contributed by atoms with Crippen LogP contribution in [-0.2, 0) is 18.4 Å². The first-order valence-electron chi connectivity index (χ1n) is 10.7. The molecule has 5 atom stereocenters. The van der Waals surface area contributed by atoms with Crippen LogP contribution in [0.5, 0.6) is 0 Å². The van der Waals surface area contributed by atoms with E-state index in [0.29, 0.717) is 0 Å². The minimum Gasteiger partial charge on any atom is -0.387 e. The second-order valence-corrected chi connectivity index (χ2v) is 12.5. The lowest BCUT2D eigenvalue weighted by molar-refractivity contribution is -0.0204. The van der Waals surface area contributed by atoms with Gasteiger partial charge in [0.25, 0.3) is 5.91 Å². The van der Waals surface area contributed by atoms with Crippen molar-refractivity contribution >= 4 is 32.6 Å². The van der Waals surface area contributed by atoms with E-state index >= 15 is 0 Å². The van der Waals surface area contributed by atoms with Crippen molar-refractivity contribution in [3.05, 3.63) is 17.7 Å². The Hall–Kier alpha value is -2.00. The minimum absolute atomic E-state index is 0.119. The van der Waals surface area contributed by atoms with Gasteiger partial charge >= 0.3 is 15.2 Å². The SMILES string of the molecule is NC(=O)c1nc(NC2CCCC2)c2ncc([C@@H]3O[C@H](COP(=O)(O)CP(=O)(O)O)[C@@H](O)[C@H]3O)n2n1. The summed E-state index contributed by atoms with van der Waals surface area (Å²) in [5, 5.41) is 28.3. The third-order valence-electron chi connectivity index (χ3n) is 5.76. The number of nitrogens with zero attached hydrogens (tertiary/aromatic N) is 4. The summed E-state index contributed by atoms with van der Waals surface area (Å²) >= 11 is 0. The van der Waals surface area contributed by atoms with E-state index in [2.05, 4.69) is 20.4 Å². The molecule has 0 spiro atoms. The van der Waals surface area contributed by atoms with E-state index in [1.54, 1.807) is 0 Å². The Morgan fingerprint density at radius 3 is 2.54 bits per heavy atom. The highest BCUT2D eigenvalue weighted by molar-refractivity contribution is 7.70. The molecule has 1 amide bonds. The summed E-state index contributed by atoms with van der Waals surface area (Å²) in [5.41, 5.74) is 5.74. The van der Waals surface area contributed by atoms with Gasteiger partial charge in [-0.15, -0.1) is 5.10 Å². The fraction of sp³-hybridized carbons (Fsp3) is 0.647. The molecule has 35 heavy (non-hydrogen) atoms. The van der Waals surface area contributed by atoms with Crippen molar-refractivity contribution in [2.75, 3.05) is 17.8 Å². The number of carbonyl (C=O) groups is 1. The van der Waals surface area contributed by atoms with Crippen LogP contribution in [0.25, 0.3) is 5.65 Å². The molecule has 194 valence electrons. The van der Waals surface area contributed by atoms with E-state index < -0.39 is 58.0 Å². The number of amides is 1. The fourth-order valence-corrected chi connectivity index (χ4v) is 6.72. The third kappa shape index (κ3) is 5.88. The van der Waals surface area contributed by atoms with E-state index in [4.69, 9.17) is 24.8 Å². The van der Waals surface area contributed by atoms with Crippen LogP contribution in [0.15, 0.2) is 6.20 Å². The third-order valence-corrected chi connectivity index (χ3v) is 9.22. The molecule has 8 N–H and O–H groups in total. The van der Waals surface area contributed by atoms with Gasteiger partial charge in [-0.3, -0.25) is 13.9 Å². The number of imidazole rings is 1. The normalized spacial score (nSPS) is 27.3. The predicted molar refractivity (Wildman–Crippen MR) is 117 cm³/mol. The number of hydrogen-bond donors (Lipinski definition) is 7. The maximum absolute atomic E-state index is 11.9. The Morgan fingerprint density at radius 2 is 1.91 bits per heavy atom. The molecular weight excluding hydrogens is 510 g/mol. The van der Waals surface area contributed by atoms with Crippen LogP contribution in [0.3, 0.4) is 0 Å². The Labute approximate surface area is 198 Å². The first-order chi connectivity index (χ1) is 16.3. The van der Waals surface area contributed by atoms with Gasteiger partial charge in [0.2, 0.25) is 5.82 Å². The molecule has 0 aromatic carbocycles. The lowest BCUT2D eigenvalue weighted by Gasteiger charge is -2.18. The second kappa shape index (κ2) is 9.81. The van der Waals surface area contributed by atoms with E-state index in [0.717, 1.165) is 25.7 Å². The molecule has 2 aliphatic rings. The van der Waals surface area contributed by atoms with Crippen LogP contribution in [-0.4, -0.2) is 87.2 Å². The molecule has 2 aromatic rings. The highest BCUT2D eigenvalue weighted by Gasteiger charge is 2.46. The number of aliphatic hydroxyl groups excluding tert-OH is 2. The van der Waals surface area contributed by atoms with Gasteiger partial charge in [0.1, 0.15) is 24.4 Å². The van der Waals surface area contributed by atoms with E-state index in [9.17, 15) is 29.0 Å². The first kappa shape index (κ1) is 26.1. The molecule has 1 saturated heterocycles. The van der Waals surface area contributed by atoms with Gasteiger partial charge in [-0.1, -0.05) is 12.8 Å². The van der Waals surface area contributed by atoms with E-state index in [1.807, 2.05) is 0 Å². The number of nitrogens with two attached hydrogens (primary N) is 1. The molecule has 2 fully saturated rings. The second-order valence-electron chi connectivity index (χ2n) is 8.51. The van der Waals surface area contributed by atoms with Crippen LogP contribution in [0.2, 0.25) is 0 Å². The van der Waals surface area contributed by atoms with Crippen molar-refractivity contribution in [2.24, 2.45) is 5.73 Å². The molecule has 0 radical (unpaired) electrons. The van der Waals surface area contributed by atoms with Crippen LogP contribution < -0.4 is 11.1 Å². The van der Waals surface area contributed by atoms with Crippen LogP contribution in [0, 0.1) is 0 Å². The van der Waals surface area contributed by atoms with Crippen molar-refractivity contribution < 1.29 is 48.1 Å². The van der Waals surface area contributed by atoms with Gasteiger partial charge in [0, 0.05) is 6.04 Å². The molecule has 3 heterocycles. The maximum atomic E-state index is 11.9. The Bertz CT molecular complexity index is 1200. The zero-order valence-corrected chi connectivity index (χ0v) is 20.0. The summed E-state index contributed by atoms with van der Waals surface area (Å²) < 4.78 is 34.4. The monoisotopic (exact) mass is 536 g/mol. The van der Waals surface area contributed by atoms with Crippen LogP contribution in [0.4, 0.5) is 5.82 Å². The molecule has 0 bridgehead atoms. The number of anilines is 1. The topological polar surface area (TPSA) is 252 Å². The predicted octanol–water partition coefficient (Wildman–Crippen LogP) is -0.923. The quantitative estimate of drug-likeness (QED) is 0.191. The lowest BCUT2D eigenvalue weighted by atomic mass is 10.1. The number of aromatic nitrogens is 4. The van der Waals surface area contributed by atoms with Crippen molar-refractivity contribution in [1.29, 1.82) is 0 Å². The average molecular weight is 536 g/mol. The minimum atomic E-state index is -4.84. The number of hydrogen-bond acceptors (Lipinski definition) is 11. The van der Waals surface area contributed by atoms with Crippen molar-refractivity contribution in [1.82, 2.24) is 19.6 Å². The molecule has 18 heteroatoms. The number of nitrogens with one attached hydrogen (secondary N) is 1. The number of ether oxygens (including phenoxy) is 1. The number of fused-ring (bicyclic) bond motifs is 1. The number of aliphatic hydroxyl groups is 2. The summed E-state index contributed by atoms with van der Waals surface area (Å²) in [7, 11) is -9.55. The fourth-order valence-electron chi connectivity index (χ4n) is 4.15. The molecule has 1 aliphatic carbocycles. The Morgan fingerprint density at radius 1 is 1.23 bits per heavy atom.